The number of allylic oxidation sites excluding steroid dienone is 1. The van der Waals surface area contributed by atoms with E-state index < -0.39 is 12.0 Å². The Bertz CT molecular complexity index is 801. The molecule has 9 nitrogen and oxygen atoms in total. The van der Waals surface area contributed by atoms with Gasteiger partial charge in [-0.1, -0.05) is 23.3 Å². The van der Waals surface area contributed by atoms with E-state index in [-0.39, 0.29) is 6.61 Å². The van der Waals surface area contributed by atoms with Gasteiger partial charge >= 0.3 is 5.97 Å². The number of esters is 1. The summed E-state index contributed by atoms with van der Waals surface area (Å²) in [6.07, 6.45) is 0. The molecule has 0 bridgehead atoms. The molecule has 0 spiro atoms. The molecule has 132 valence electrons. The molecule has 2 heterocycles. The van der Waals surface area contributed by atoms with Crippen LogP contribution in [0.25, 0.3) is 0 Å². The number of rotatable bonds is 6. The predicted octanol–water partition coefficient (Wildman–Crippen LogP) is 1.16. The Morgan fingerprint density at radius 2 is 2.08 bits per heavy atom. The minimum atomic E-state index is -0.558. The van der Waals surface area contributed by atoms with E-state index in [9.17, 15) is 4.79 Å². The smallest absolute Gasteiger partial charge is 0.338 e. The van der Waals surface area contributed by atoms with E-state index in [0.717, 1.165) is 5.56 Å². The van der Waals surface area contributed by atoms with Gasteiger partial charge in [-0.05, 0) is 23.4 Å². The van der Waals surface area contributed by atoms with Crippen LogP contribution in [-0.2, 0) is 14.3 Å². The summed E-state index contributed by atoms with van der Waals surface area (Å²) in [5.41, 5.74) is 1.80. The quantitative estimate of drug-likeness (QED) is 0.615. The van der Waals surface area contributed by atoms with Crippen molar-refractivity contribution in [1.82, 2.24) is 20.2 Å². The number of hydrogen-bond donors (Lipinski definition) is 1. The third kappa shape index (κ3) is 3.18. The highest BCUT2D eigenvalue weighted by Crippen LogP contribution is 2.38. The molecule has 25 heavy (non-hydrogen) atoms. The number of fused-ring (bicyclic) bond motifs is 1. The maximum Gasteiger partial charge on any atom is 0.338 e. The van der Waals surface area contributed by atoms with Crippen LogP contribution in [0, 0.1) is 0 Å². The Hall–Kier alpha value is -2.94. The zero-order valence-corrected chi connectivity index (χ0v) is 14.2. The standard InChI is InChI=1S/C16H19N5O4/c1-10-13(15(22)25-9-8-23-2)14(21-16(17-10)18-19-20-21)11-6-4-5-7-12(11)24-3/h4-7,14H,8-9H2,1-3H3,(H,17,18,20)/t14-/m1/s1. The molecule has 0 saturated carbocycles. The van der Waals surface area contributed by atoms with Gasteiger partial charge in [0.1, 0.15) is 18.4 Å². The number of benzene rings is 1. The van der Waals surface area contributed by atoms with E-state index in [4.69, 9.17) is 14.2 Å². The van der Waals surface area contributed by atoms with Crippen molar-refractivity contribution >= 4 is 11.9 Å². The fourth-order valence-electron chi connectivity index (χ4n) is 2.75. The SMILES string of the molecule is COCCOC(=O)C1=C(C)Nc2nnnn2[C@@H]1c1ccccc1OC. The number of aromatic nitrogens is 4. The first-order chi connectivity index (χ1) is 12.2. The van der Waals surface area contributed by atoms with Crippen LogP contribution in [0.15, 0.2) is 35.5 Å². The summed E-state index contributed by atoms with van der Waals surface area (Å²) >= 11 is 0. The van der Waals surface area contributed by atoms with Gasteiger partial charge in [-0.25, -0.2) is 4.79 Å². The van der Waals surface area contributed by atoms with Crippen LogP contribution < -0.4 is 10.1 Å². The minimum absolute atomic E-state index is 0.160. The fraction of sp³-hybridized carbons (Fsp3) is 0.375. The Morgan fingerprint density at radius 3 is 2.84 bits per heavy atom. The van der Waals surface area contributed by atoms with E-state index in [2.05, 4.69) is 20.8 Å². The maximum atomic E-state index is 12.7. The second kappa shape index (κ2) is 7.31. The van der Waals surface area contributed by atoms with Crippen LogP contribution in [0.4, 0.5) is 5.95 Å². The summed E-state index contributed by atoms with van der Waals surface area (Å²) in [6.45, 7) is 2.27. The predicted molar refractivity (Wildman–Crippen MR) is 88.1 cm³/mol. The Labute approximate surface area is 144 Å². The number of anilines is 1. The van der Waals surface area contributed by atoms with Gasteiger partial charge in [0, 0.05) is 18.4 Å². The topological polar surface area (TPSA) is 100 Å². The molecule has 3 rings (SSSR count). The molecule has 0 aliphatic carbocycles. The van der Waals surface area contributed by atoms with Crippen molar-refractivity contribution in [3.8, 4) is 5.75 Å². The number of hydrogen-bond acceptors (Lipinski definition) is 8. The van der Waals surface area contributed by atoms with Crippen LogP contribution in [0.1, 0.15) is 18.5 Å². The Morgan fingerprint density at radius 1 is 1.28 bits per heavy atom. The average molecular weight is 345 g/mol. The van der Waals surface area contributed by atoms with Crippen LogP contribution in [0.3, 0.4) is 0 Å². The van der Waals surface area contributed by atoms with Gasteiger partial charge < -0.3 is 19.5 Å². The van der Waals surface area contributed by atoms with Crippen molar-refractivity contribution in [1.29, 1.82) is 0 Å². The monoisotopic (exact) mass is 345 g/mol. The largest absolute Gasteiger partial charge is 0.496 e. The summed E-state index contributed by atoms with van der Waals surface area (Å²) in [4.78, 5) is 12.7. The molecule has 9 heteroatoms. The highest BCUT2D eigenvalue weighted by molar-refractivity contribution is 5.92. The van der Waals surface area contributed by atoms with Gasteiger partial charge in [0.05, 0.1) is 19.3 Å². The highest BCUT2D eigenvalue weighted by Gasteiger charge is 2.36. The number of methoxy groups -OCH3 is 2. The lowest BCUT2D eigenvalue weighted by molar-refractivity contribution is -0.140. The Balaban J connectivity index is 2.06. The van der Waals surface area contributed by atoms with Crippen molar-refractivity contribution in [2.45, 2.75) is 13.0 Å². The van der Waals surface area contributed by atoms with E-state index in [0.29, 0.717) is 29.6 Å². The third-order valence-corrected chi connectivity index (χ3v) is 3.89. The van der Waals surface area contributed by atoms with Crippen LogP contribution in [0.2, 0.25) is 0 Å². The number of nitrogens with one attached hydrogen (secondary N) is 1. The van der Waals surface area contributed by atoms with Crippen molar-refractivity contribution in [2.75, 3.05) is 32.8 Å². The molecule has 0 fully saturated rings. The van der Waals surface area contributed by atoms with Gasteiger partial charge in [-0.2, -0.15) is 4.68 Å². The lowest BCUT2D eigenvalue weighted by Crippen LogP contribution is -2.30. The number of para-hydroxylation sites is 1. The van der Waals surface area contributed by atoms with Gasteiger partial charge in [0.15, 0.2) is 0 Å². The first-order valence-corrected chi connectivity index (χ1v) is 7.72. The van der Waals surface area contributed by atoms with Crippen molar-refractivity contribution in [3.05, 3.63) is 41.1 Å². The van der Waals surface area contributed by atoms with Gasteiger partial charge in [-0.15, -0.1) is 0 Å². The average Bonchev–Trinajstić information content (AvgIpc) is 3.08. The lowest BCUT2D eigenvalue weighted by Gasteiger charge is -2.28. The summed E-state index contributed by atoms with van der Waals surface area (Å²) < 4.78 is 17.3. The van der Waals surface area contributed by atoms with E-state index >= 15 is 0 Å². The number of ether oxygens (including phenoxy) is 3. The summed E-state index contributed by atoms with van der Waals surface area (Å²) in [7, 11) is 3.12. The fourth-order valence-corrected chi connectivity index (χ4v) is 2.75. The van der Waals surface area contributed by atoms with Gasteiger partial charge in [0.2, 0.25) is 5.95 Å². The highest BCUT2D eigenvalue weighted by atomic mass is 16.6. The zero-order valence-electron chi connectivity index (χ0n) is 14.2. The summed E-state index contributed by atoms with van der Waals surface area (Å²) in [5, 5.41) is 14.7. The molecule has 1 aliphatic rings. The molecule has 1 atom stereocenters. The van der Waals surface area contributed by atoms with Crippen LogP contribution in [0.5, 0.6) is 5.75 Å². The van der Waals surface area contributed by atoms with Gasteiger partial charge in [0.25, 0.3) is 0 Å². The van der Waals surface area contributed by atoms with E-state index in [1.165, 1.54) is 4.68 Å². The van der Waals surface area contributed by atoms with Crippen LogP contribution in [-0.4, -0.2) is 53.6 Å². The minimum Gasteiger partial charge on any atom is -0.496 e. The lowest BCUT2D eigenvalue weighted by atomic mass is 9.95. The third-order valence-electron chi connectivity index (χ3n) is 3.89. The molecule has 1 aromatic carbocycles. The number of nitrogens with zero attached hydrogens (tertiary/aromatic N) is 4. The molecule has 0 saturated heterocycles. The number of tetrazole rings is 1. The first kappa shape index (κ1) is 16.9. The molecule has 0 amide bonds. The summed E-state index contributed by atoms with van der Waals surface area (Å²) in [5.74, 6) is 0.617. The van der Waals surface area contributed by atoms with E-state index in [1.807, 2.05) is 24.3 Å². The van der Waals surface area contributed by atoms with Crippen molar-refractivity contribution < 1.29 is 19.0 Å². The molecule has 1 aliphatic heterocycles. The first-order valence-electron chi connectivity index (χ1n) is 7.72. The second-order valence-electron chi connectivity index (χ2n) is 5.38. The molecule has 0 unspecified atom stereocenters. The van der Waals surface area contributed by atoms with Crippen molar-refractivity contribution in [3.63, 3.8) is 0 Å². The number of carbonyl (C=O) groups excluding carboxylic acids is 1. The van der Waals surface area contributed by atoms with Crippen molar-refractivity contribution in [2.24, 2.45) is 0 Å². The Kier molecular flexibility index (Phi) is 4.94. The molecule has 2 aromatic rings. The second-order valence-corrected chi connectivity index (χ2v) is 5.38. The summed E-state index contributed by atoms with van der Waals surface area (Å²) in [6, 6.07) is 6.86. The molecule has 1 N–H and O–H groups in total. The van der Waals surface area contributed by atoms with E-state index in [1.54, 1.807) is 21.1 Å². The molecular formula is C16H19N5O4. The van der Waals surface area contributed by atoms with Crippen LogP contribution >= 0.6 is 0 Å². The van der Waals surface area contributed by atoms with Gasteiger partial charge in [-0.3, -0.25) is 0 Å². The normalized spacial score (nSPS) is 16.2. The molecule has 1 aromatic heterocycles. The molecular weight excluding hydrogens is 326 g/mol. The zero-order chi connectivity index (χ0) is 17.8. The maximum absolute atomic E-state index is 12.7. The molecule has 0 radical (unpaired) electrons. The number of carbonyl (C=O) groups is 1.